The van der Waals surface area contributed by atoms with Crippen LogP contribution in [-0.2, 0) is 6.42 Å². The third-order valence-electron chi connectivity index (χ3n) is 5.54. The molecular formula is C20H20ClF4N5. The highest BCUT2D eigenvalue weighted by Crippen LogP contribution is 2.42. The summed E-state index contributed by atoms with van der Waals surface area (Å²) in [5.41, 5.74) is 2.54. The van der Waals surface area contributed by atoms with E-state index in [4.69, 9.17) is 11.6 Å². The SMILES string of the molecule is FC1CCC(C(F)(F)F)C(CNc2ncc(Cc3c[nH]c4ncc(Cl)cc34)cn2)C1. The minimum absolute atomic E-state index is 0.0173. The Morgan fingerprint density at radius 2 is 1.90 bits per heavy atom. The molecule has 30 heavy (non-hydrogen) atoms. The Morgan fingerprint density at radius 3 is 2.63 bits per heavy atom. The van der Waals surface area contributed by atoms with Gasteiger partial charge in [0, 0.05) is 43.1 Å². The third-order valence-corrected chi connectivity index (χ3v) is 5.75. The van der Waals surface area contributed by atoms with Gasteiger partial charge in [0.05, 0.1) is 10.9 Å². The highest BCUT2D eigenvalue weighted by atomic mass is 35.5. The first kappa shape index (κ1) is 20.8. The second kappa shape index (κ2) is 8.37. The molecular weight excluding hydrogens is 422 g/mol. The van der Waals surface area contributed by atoms with Crippen LogP contribution in [0.3, 0.4) is 0 Å². The number of aromatic amines is 1. The summed E-state index contributed by atoms with van der Waals surface area (Å²) < 4.78 is 53.3. The normalized spacial score (nSPS) is 22.4. The summed E-state index contributed by atoms with van der Waals surface area (Å²) >= 11 is 6.01. The Morgan fingerprint density at radius 1 is 1.13 bits per heavy atom. The van der Waals surface area contributed by atoms with Crippen molar-refractivity contribution in [2.24, 2.45) is 11.8 Å². The van der Waals surface area contributed by atoms with Gasteiger partial charge in [-0.25, -0.2) is 19.3 Å². The molecule has 0 radical (unpaired) electrons. The zero-order chi connectivity index (χ0) is 21.3. The minimum Gasteiger partial charge on any atom is -0.354 e. The van der Waals surface area contributed by atoms with Gasteiger partial charge in [0.15, 0.2) is 0 Å². The van der Waals surface area contributed by atoms with Gasteiger partial charge in [0.1, 0.15) is 11.8 Å². The number of alkyl halides is 4. The van der Waals surface area contributed by atoms with Gasteiger partial charge in [-0.3, -0.25) is 0 Å². The van der Waals surface area contributed by atoms with Crippen LogP contribution in [-0.4, -0.2) is 38.8 Å². The van der Waals surface area contributed by atoms with Crippen LogP contribution >= 0.6 is 11.6 Å². The fourth-order valence-corrected chi connectivity index (χ4v) is 4.18. The molecule has 3 aromatic rings. The Bertz CT molecular complexity index is 1000. The summed E-state index contributed by atoms with van der Waals surface area (Å²) in [6.07, 6.45) is 1.34. The highest BCUT2D eigenvalue weighted by Gasteiger charge is 2.47. The van der Waals surface area contributed by atoms with Gasteiger partial charge >= 0.3 is 6.18 Å². The Balaban J connectivity index is 1.40. The van der Waals surface area contributed by atoms with Crippen LogP contribution in [0.2, 0.25) is 5.02 Å². The fraction of sp³-hybridized carbons (Fsp3) is 0.450. The molecule has 2 N–H and O–H groups in total. The number of rotatable bonds is 5. The molecule has 3 aromatic heterocycles. The summed E-state index contributed by atoms with van der Waals surface area (Å²) in [6, 6.07) is 1.83. The summed E-state index contributed by atoms with van der Waals surface area (Å²) in [5.74, 6) is -2.11. The Labute approximate surface area is 175 Å². The molecule has 5 nitrogen and oxygen atoms in total. The van der Waals surface area contributed by atoms with Crippen molar-refractivity contribution >= 4 is 28.6 Å². The standard InChI is InChI=1S/C20H20ClF4N5/c21-14-5-16-12(8-26-18(16)27-10-14)3-11-6-28-19(29-7-11)30-9-13-4-15(22)1-2-17(13)20(23,24)25/h5-8,10,13,15,17H,1-4,9H2,(H,26,27)(H,28,29,30). The molecule has 0 saturated heterocycles. The molecule has 160 valence electrons. The lowest BCUT2D eigenvalue weighted by molar-refractivity contribution is -0.197. The van der Waals surface area contributed by atoms with E-state index in [0.29, 0.717) is 11.4 Å². The first-order chi connectivity index (χ1) is 14.3. The van der Waals surface area contributed by atoms with Gasteiger partial charge in [-0.1, -0.05) is 11.6 Å². The number of nitrogens with zero attached hydrogens (tertiary/aromatic N) is 3. The van der Waals surface area contributed by atoms with Crippen molar-refractivity contribution in [2.45, 2.75) is 38.0 Å². The molecule has 4 rings (SSSR count). The maximum absolute atomic E-state index is 13.6. The average molecular weight is 442 g/mol. The van der Waals surface area contributed by atoms with Gasteiger partial charge in [-0.15, -0.1) is 0 Å². The van der Waals surface area contributed by atoms with Gasteiger partial charge < -0.3 is 10.3 Å². The van der Waals surface area contributed by atoms with Crippen LogP contribution in [0.5, 0.6) is 0 Å². The topological polar surface area (TPSA) is 66.5 Å². The molecule has 10 heteroatoms. The van der Waals surface area contributed by atoms with Crippen LogP contribution in [0, 0.1) is 11.8 Å². The van der Waals surface area contributed by atoms with E-state index in [1.165, 1.54) is 0 Å². The maximum atomic E-state index is 13.6. The number of fused-ring (bicyclic) bond motifs is 1. The predicted octanol–water partition coefficient (Wildman–Crippen LogP) is 5.33. The lowest BCUT2D eigenvalue weighted by Crippen LogP contribution is -2.39. The smallest absolute Gasteiger partial charge is 0.354 e. The van der Waals surface area contributed by atoms with Crippen LogP contribution < -0.4 is 5.32 Å². The molecule has 3 unspecified atom stereocenters. The molecule has 1 aliphatic carbocycles. The van der Waals surface area contributed by atoms with Crippen molar-refractivity contribution in [3.63, 3.8) is 0 Å². The molecule has 1 aliphatic rings. The predicted molar refractivity (Wildman–Crippen MR) is 106 cm³/mol. The number of anilines is 1. The van der Waals surface area contributed by atoms with Crippen LogP contribution in [0.1, 0.15) is 30.4 Å². The third kappa shape index (κ3) is 4.66. The Hall–Kier alpha value is -2.42. The van der Waals surface area contributed by atoms with Crippen LogP contribution in [0.4, 0.5) is 23.5 Å². The monoisotopic (exact) mass is 441 g/mol. The fourth-order valence-electron chi connectivity index (χ4n) is 4.02. The van der Waals surface area contributed by atoms with E-state index < -0.39 is 24.2 Å². The molecule has 0 amide bonds. The quantitative estimate of drug-likeness (QED) is 0.525. The van der Waals surface area contributed by atoms with E-state index in [1.54, 1.807) is 18.6 Å². The average Bonchev–Trinajstić information content (AvgIpc) is 3.08. The maximum Gasteiger partial charge on any atom is 0.392 e. The van der Waals surface area contributed by atoms with Crippen molar-refractivity contribution in [2.75, 3.05) is 11.9 Å². The van der Waals surface area contributed by atoms with E-state index >= 15 is 0 Å². The van der Waals surface area contributed by atoms with E-state index in [-0.39, 0.29) is 31.8 Å². The zero-order valence-electron chi connectivity index (χ0n) is 15.9. The number of halogens is 5. The highest BCUT2D eigenvalue weighted by molar-refractivity contribution is 6.31. The van der Waals surface area contributed by atoms with Crippen molar-refractivity contribution in [3.8, 4) is 0 Å². The first-order valence-electron chi connectivity index (χ1n) is 9.66. The second-order valence-corrected chi connectivity index (χ2v) is 8.09. The summed E-state index contributed by atoms with van der Waals surface area (Å²) in [7, 11) is 0. The van der Waals surface area contributed by atoms with Crippen molar-refractivity contribution < 1.29 is 17.6 Å². The van der Waals surface area contributed by atoms with Crippen molar-refractivity contribution in [1.82, 2.24) is 19.9 Å². The second-order valence-electron chi connectivity index (χ2n) is 7.65. The number of hydrogen-bond donors (Lipinski definition) is 2. The van der Waals surface area contributed by atoms with E-state index in [1.807, 2.05) is 12.3 Å². The largest absolute Gasteiger partial charge is 0.392 e. The van der Waals surface area contributed by atoms with Gasteiger partial charge in [-0.2, -0.15) is 13.2 Å². The molecule has 0 bridgehead atoms. The molecule has 1 fully saturated rings. The van der Waals surface area contributed by atoms with Crippen LogP contribution in [0.15, 0.2) is 30.9 Å². The molecule has 0 spiro atoms. The lowest BCUT2D eigenvalue weighted by Gasteiger charge is -2.34. The molecule has 0 aliphatic heterocycles. The first-order valence-corrected chi connectivity index (χ1v) is 10.0. The summed E-state index contributed by atoms with van der Waals surface area (Å²) in [6.45, 7) is -0.0173. The summed E-state index contributed by atoms with van der Waals surface area (Å²) in [4.78, 5) is 15.7. The number of pyridine rings is 1. The molecule has 3 heterocycles. The lowest BCUT2D eigenvalue weighted by atomic mass is 9.78. The number of H-pyrrole nitrogens is 1. The molecule has 1 saturated carbocycles. The number of aromatic nitrogens is 4. The Kier molecular flexibility index (Phi) is 5.81. The van der Waals surface area contributed by atoms with Gasteiger partial charge in [0.25, 0.3) is 0 Å². The zero-order valence-corrected chi connectivity index (χ0v) is 16.6. The minimum atomic E-state index is -4.33. The number of nitrogens with one attached hydrogen (secondary N) is 2. The van der Waals surface area contributed by atoms with Crippen LogP contribution in [0.25, 0.3) is 11.0 Å². The van der Waals surface area contributed by atoms with Gasteiger partial charge in [0.2, 0.25) is 5.95 Å². The van der Waals surface area contributed by atoms with E-state index in [0.717, 1.165) is 22.2 Å². The van der Waals surface area contributed by atoms with E-state index in [2.05, 4.69) is 25.3 Å². The van der Waals surface area contributed by atoms with Gasteiger partial charge in [-0.05, 0) is 42.4 Å². The van der Waals surface area contributed by atoms with E-state index in [9.17, 15) is 17.6 Å². The van der Waals surface area contributed by atoms with Crippen molar-refractivity contribution in [3.05, 3.63) is 47.0 Å². The summed E-state index contributed by atoms with van der Waals surface area (Å²) in [5, 5.41) is 4.28. The van der Waals surface area contributed by atoms with Crippen molar-refractivity contribution in [1.29, 1.82) is 0 Å². The molecule has 0 aromatic carbocycles. The molecule has 3 atom stereocenters. The number of hydrogen-bond acceptors (Lipinski definition) is 4.